The number of nitrogens with zero attached hydrogens (tertiary/aromatic N) is 1. The van der Waals surface area contributed by atoms with Gasteiger partial charge in [0.2, 0.25) is 0 Å². The first kappa shape index (κ1) is 14.4. The van der Waals surface area contributed by atoms with E-state index in [1.54, 1.807) is 30.3 Å². The summed E-state index contributed by atoms with van der Waals surface area (Å²) < 4.78 is 5.75. The maximum Gasteiger partial charge on any atom is 0.331 e. The van der Waals surface area contributed by atoms with Gasteiger partial charge in [-0.1, -0.05) is 30.8 Å². The molecule has 4 nitrogen and oxygen atoms in total. The summed E-state index contributed by atoms with van der Waals surface area (Å²) in [6.45, 7) is 3.52. The molecule has 21 heavy (non-hydrogen) atoms. The van der Waals surface area contributed by atoms with Crippen molar-refractivity contribution in [1.82, 2.24) is 0 Å². The van der Waals surface area contributed by atoms with Gasteiger partial charge in [0.15, 0.2) is 0 Å². The molecule has 0 atom stereocenters. The zero-order valence-corrected chi connectivity index (χ0v) is 11.2. The molecule has 0 saturated carbocycles. The van der Waals surface area contributed by atoms with Crippen LogP contribution in [0.1, 0.15) is 11.1 Å². The van der Waals surface area contributed by atoms with Crippen molar-refractivity contribution in [3.8, 4) is 17.6 Å². The van der Waals surface area contributed by atoms with E-state index >= 15 is 0 Å². The zero-order valence-electron chi connectivity index (χ0n) is 11.2. The predicted octanol–water partition coefficient (Wildman–Crippen LogP) is 3.53. The number of para-hydroxylation sites is 1. The minimum Gasteiger partial charge on any atom is -0.478 e. The van der Waals surface area contributed by atoms with Crippen LogP contribution in [0.25, 0.3) is 0 Å². The van der Waals surface area contributed by atoms with E-state index in [4.69, 9.17) is 15.1 Å². The second kappa shape index (κ2) is 6.40. The number of benzene rings is 2. The Morgan fingerprint density at radius 3 is 2.57 bits per heavy atom. The number of aliphatic carboxylic acids is 1. The topological polar surface area (TPSA) is 70.3 Å². The van der Waals surface area contributed by atoms with Crippen molar-refractivity contribution in [2.75, 3.05) is 0 Å². The lowest BCUT2D eigenvalue weighted by Gasteiger charge is -2.11. The fourth-order valence-corrected chi connectivity index (χ4v) is 1.79. The summed E-state index contributed by atoms with van der Waals surface area (Å²) in [5, 5.41) is 17.9. The summed E-state index contributed by atoms with van der Waals surface area (Å²) in [5.74, 6) is 0.0300. The second-order valence-electron chi connectivity index (χ2n) is 4.43. The van der Waals surface area contributed by atoms with E-state index in [2.05, 4.69) is 6.58 Å². The molecule has 0 unspecified atom stereocenters. The maximum atomic E-state index is 10.9. The van der Waals surface area contributed by atoms with Crippen molar-refractivity contribution in [3.63, 3.8) is 0 Å². The Kier molecular flexibility index (Phi) is 4.37. The first-order valence-corrected chi connectivity index (χ1v) is 6.27. The number of carboxylic acid groups (broad SMARTS) is 1. The highest BCUT2D eigenvalue weighted by atomic mass is 16.5. The molecule has 1 N–H and O–H groups in total. The number of ether oxygens (including phenoxy) is 1. The van der Waals surface area contributed by atoms with Gasteiger partial charge in [0.05, 0.1) is 11.6 Å². The van der Waals surface area contributed by atoms with E-state index in [0.717, 1.165) is 0 Å². The normalized spacial score (nSPS) is 9.67. The van der Waals surface area contributed by atoms with Gasteiger partial charge in [-0.15, -0.1) is 0 Å². The van der Waals surface area contributed by atoms with Gasteiger partial charge in [0.1, 0.15) is 11.5 Å². The van der Waals surface area contributed by atoms with Crippen LogP contribution in [0.15, 0.2) is 60.7 Å². The number of carboxylic acids is 1. The van der Waals surface area contributed by atoms with Crippen LogP contribution in [0.5, 0.6) is 11.5 Å². The third-order valence-corrected chi connectivity index (χ3v) is 2.87. The molecule has 0 saturated heterocycles. The molecule has 0 aliphatic heterocycles. The van der Waals surface area contributed by atoms with Gasteiger partial charge in [-0.2, -0.15) is 5.26 Å². The van der Waals surface area contributed by atoms with Crippen LogP contribution in [0.4, 0.5) is 0 Å². The minimum absolute atomic E-state index is 0.0672. The molecular weight excluding hydrogens is 266 g/mol. The van der Waals surface area contributed by atoms with E-state index < -0.39 is 5.97 Å². The fraction of sp³-hybridized carbons (Fsp3) is 0.0588. The van der Waals surface area contributed by atoms with Gasteiger partial charge >= 0.3 is 5.97 Å². The lowest BCUT2D eigenvalue weighted by Crippen LogP contribution is -2.03. The summed E-state index contributed by atoms with van der Waals surface area (Å²) in [4.78, 5) is 10.9. The number of hydrogen-bond donors (Lipinski definition) is 1. The molecule has 2 aromatic carbocycles. The lowest BCUT2D eigenvalue weighted by molar-refractivity contribution is -0.132. The Morgan fingerprint density at radius 1 is 1.24 bits per heavy atom. The van der Waals surface area contributed by atoms with Crippen molar-refractivity contribution in [3.05, 3.63) is 71.8 Å². The van der Waals surface area contributed by atoms with Crippen LogP contribution in [0.2, 0.25) is 0 Å². The molecule has 0 aromatic heterocycles. The fourth-order valence-electron chi connectivity index (χ4n) is 1.79. The second-order valence-corrected chi connectivity index (χ2v) is 4.43. The molecule has 2 aromatic rings. The van der Waals surface area contributed by atoms with Gasteiger partial charge in [-0.05, 0) is 29.8 Å². The van der Waals surface area contributed by atoms with E-state index in [1.807, 2.05) is 24.3 Å². The molecule has 0 heterocycles. The quantitative estimate of drug-likeness (QED) is 0.850. The highest BCUT2D eigenvalue weighted by molar-refractivity contribution is 5.86. The number of hydrogen-bond acceptors (Lipinski definition) is 3. The number of nitriles is 1. The predicted molar refractivity (Wildman–Crippen MR) is 78.2 cm³/mol. The van der Waals surface area contributed by atoms with Crippen molar-refractivity contribution in [2.45, 2.75) is 6.42 Å². The number of rotatable bonds is 5. The zero-order chi connectivity index (χ0) is 15.2. The molecule has 4 heteroatoms. The average molecular weight is 279 g/mol. The van der Waals surface area contributed by atoms with Gasteiger partial charge in [-0.25, -0.2) is 4.79 Å². The Bertz CT molecular complexity index is 715. The van der Waals surface area contributed by atoms with E-state index in [0.29, 0.717) is 22.6 Å². The first-order valence-electron chi connectivity index (χ1n) is 6.27. The minimum atomic E-state index is -1.05. The SMILES string of the molecule is C=C(Cc1ccc(C#N)cc1Oc1ccccc1)C(=O)O. The van der Waals surface area contributed by atoms with Gasteiger partial charge in [0, 0.05) is 12.0 Å². The standard InChI is InChI=1S/C17H13NO3/c1-12(17(19)20)9-14-8-7-13(11-18)10-16(14)21-15-5-3-2-4-6-15/h2-8,10H,1,9H2,(H,19,20). The van der Waals surface area contributed by atoms with E-state index in [-0.39, 0.29) is 12.0 Å². The molecule has 104 valence electrons. The number of carbonyl (C=O) groups is 1. The van der Waals surface area contributed by atoms with Crippen molar-refractivity contribution >= 4 is 5.97 Å². The van der Waals surface area contributed by atoms with E-state index in [1.165, 1.54) is 0 Å². The van der Waals surface area contributed by atoms with Crippen molar-refractivity contribution in [1.29, 1.82) is 5.26 Å². The Balaban J connectivity index is 2.34. The van der Waals surface area contributed by atoms with Crippen LogP contribution < -0.4 is 4.74 Å². The molecule has 0 amide bonds. The van der Waals surface area contributed by atoms with E-state index in [9.17, 15) is 4.79 Å². The maximum absolute atomic E-state index is 10.9. The Labute approximate surface area is 122 Å². The molecule has 0 aliphatic carbocycles. The summed E-state index contributed by atoms with van der Waals surface area (Å²) in [7, 11) is 0. The highest BCUT2D eigenvalue weighted by Gasteiger charge is 2.11. The summed E-state index contributed by atoms with van der Waals surface area (Å²) >= 11 is 0. The smallest absolute Gasteiger partial charge is 0.331 e. The summed E-state index contributed by atoms with van der Waals surface area (Å²) in [5.41, 5.74) is 1.19. The summed E-state index contributed by atoms with van der Waals surface area (Å²) in [6.07, 6.45) is 0.156. The van der Waals surface area contributed by atoms with Crippen LogP contribution in [-0.2, 0) is 11.2 Å². The van der Waals surface area contributed by atoms with Crippen LogP contribution in [0, 0.1) is 11.3 Å². The molecule has 2 rings (SSSR count). The van der Waals surface area contributed by atoms with Crippen molar-refractivity contribution in [2.24, 2.45) is 0 Å². The first-order chi connectivity index (χ1) is 10.1. The molecule has 0 aliphatic rings. The van der Waals surface area contributed by atoms with Crippen molar-refractivity contribution < 1.29 is 14.6 Å². The summed E-state index contributed by atoms with van der Waals surface area (Å²) in [6, 6.07) is 16.1. The van der Waals surface area contributed by atoms with Crippen LogP contribution >= 0.6 is 0 Å². The molecule has 0 spiro atoms. The molecule has 0 fully saturated rings. The third kappa shape index (κ3) is 3.71. The third-order valence-electron chi connectivity index (χ3n) is 2.87. The molecular formula is C17H13NO3. The largest absolute Gasteiger partial charge is 0.478 e. The van der Waals surface area contributed by atoms with Gasteiger partial charge < -0.3 is 9.84 Å². The molecule has 0 bridgehead atoms. The average Bonchev–Trinajstić information content (AvgIpc) is 2.49. The Hall–Kier alpha value is -3.06. The Morgan fingerprint density at radius 2 is 1.95 bits per heavy atom. The van der Waals surface area contributed by atoms with Gasteiger partial charge in [-0.3, -0.25) is 0 Å². The highest BCUT2D eigenvalue weighted by Crippen LogP contribution is 2.28. The molecule has 0 radical (unpaired) electrons. The van der Waals surface area contributed by atoms with Crippen LogP contribution in [-0.4, -0.2) is 11.1 Å². The van der Waals surface area contributed by atoms with Crippen LogP contribution in [0.3, 0.4) is 0 Å². The monoisotopic (exact) mass is 279 g/mol. The lowest BCUT2D eigenvalue weighted by atomic mass is 10.0. The van der Waals surface area contributed by atoms with Gasteiger partial charge in [0.25, 0.3) is 0 Å².